The zero-order chi connectivity index (χ0) is 14.1. The first-order chi connectivity index (χ1) is 9.61. The van der Waals surface area contributed by atoms with Gasteiger partial charge < -0.3 is 9.73 Å². The SMILES string of the molecule is O=C(Nc1ccc2ccc(Cl)nc2n1)c1ccc(Br)o1. The van der Waals surface area contributed by atoms with Crippen LogP contribution in [0, 0.1) is 0 Å². The average Bonchev–Trinajstić information content (AvgIpc) is 2.85. The van der Waals surface area contributed by atoms with E-state index in [4.69, 9.17) is 16.0 Å². The number of carbonyl (C=O) groups is 1. The minimum atomic E-state index is -0.385. The van der Waals surface area contributed by atoms with Crippen molar-refractivity contribution in [1.82, 2.24) is 9.97 Å². The van der Waals surface area contributed by atoms with Crippen LogP contribution in [-0.2, 0) is 0 Å². The molecule has 0 unspecified atom stereocenters. The molecule has 3 rings (SSSR count). The number of nitrogens with zero attached hydrogens (tertiary/aromatic N) is 2. The van der Waals surface area contributed by atoms with Crippen molar-refractivity contribution in [2.75, 3.05) is 5.32 Å². The number of pyridine rings is 2. The van der Waals surface area contributed by atoms with Gasteiger partial charge in [0.15, 0.2) is 16.1 Å². The molecule has 1 N–H and O–H groups in total. The Bertz CT molecular complexity index is 803. The van der Waals surface area contributed by atoms with Crippen molar-refractivity contribution in [3.63, 3.8) is 0 Å². The molecule has 0 bridgehead atoms. The Morgan fingerprint density at radius 1 is 1.15 bits per heavy atom. The van der Waals surface area contributed by atoms with E-state index < -0.39 is 0 Å². The van der Waals surface area contributed by atoms with E-state index in [0.29, 0.717) is 21.3 Å². The highest BCUT2D eigenvalue weighted by Gasteiger charge is 2.11. The zero-order valence-electron chi connectivity index (χ0n) is 9.93. The molecule has 7 heteroatoms. The van der Waals surface area contributed by atoms with Crippen LogP contribution < -0.4 is 5.32 Å². The van der Waals surface area contributed by atoms with E-state index in [9.17, 15) is 4.79 Å². The fraction of sp³-hybridized carbons (Fsp3) is 0. The van der Waals surface area contributed by atoms with Crippen molar-refractivity contribution in [2.45, 2.75) is 0 Å². The van der Waals surface area contributed by atoms with Gasteiger partial charge in [-0.15, -0.1) is 0 Å². The first kappa shape index (κ1) is 13.1. The first-order valence-corrected chi connectivity index (χ1v) is 6.79. The fourth-order valence-electron chi connectivity index (χ4n) is 1.66. The van der Waals surface area contributed by atoms with Crippen LogP contribution in [0.1, 0.15) is 10.6 Å². The molecule has 0 saturated heterocycles. The van der Waals surface area contributed by atoms with Crippen molar-refractivity contribution in [1.29, 1.82) is 0 Å². The lowest BCUT2D eigenvalue weighted by Crippen LogP contribution is -2.12. The van der Waals surface area contributed by atoms with Gasteiger partial charge in [0, 0.05) is 5.39 Å². The third-order valence-electron chi connectivity index (χ3n) is 2.56. The third kappa shape index (κ3) is 2.66. The largest absolute Gasteiger partial charge is 0.444 e. The van der Waals surface area contributed by atoms with Crippen LogP contribution in [0.5, 0.6) is 0 Å². The van der Waals surface area contributed by atoms with Gasteiger partial charge in [0.1, 0.15) is 11.0 Å². The molecule has 3 aromatic rings. The van der Waals surface area contributed by atoms with Gasteiger partial charge in [-0.25, -0.2) is 9.97 Å². The zero-order valence-corrected chi connectivity index (χ0v) is 12.3. The second kappa shape index (κ2) is 5.22. The second-order valence-corrected chi connectivity index (χ2v) is 5.10. The van der Waals surface area contributed by atoms with Gasteiger partial charge in [-0.1, -0.05) is 11.6 Å². The van der Waals surface area contributed by atoms with Gasteiger partial charge in [0.05, 0.1) is 0 Å². The number of anilines is 1. The molecule has 3 heterocycles. The number of rotatable bonds is 2. The molecule has 5 nitrogen and oxygen atoms in total. The van der Waals surface area contributed by atoms with Gasteiger partial charge in [0.25, 0.3) is 5.91 Å². The number of hydrogen-bond acceptors (Lipinski definition) is 4. The summed E-state index contributed by atoms with van der Waals surface area (Å²) in [5.41, 5.74) is 0.468. The highest BCUT2D eigenvalue weighted by Crippen LogP contribution is 2.18. The van der Waals surface area contributed by atoms with E-state index in [1.807, 2.05) is 6.07 Å². The molecule has 0 atom stereocenters. The molecule has 20 heavy (non-hydrogen) atoms. The molecule has 0 aliphatic heterocycles. The molecule has 100 valence electrons. The van der Waals surface area contributed by atoms with Crippen LogP contribution in [-0.4, -0.2) is 15.9 Å². The van der Waals surface area contributed by atoms with E-state index in [1.165, 1.54) is 0 Å². The summed E-state index contributed by atoms with van der Waals surface area (Å²) in [6.45, 7) is 0. The van der Waals surface area contributed by atoms with Crippen molar-refractivity contribution in [2.24, 2.45) is 0 Å². The highest BCUT2D eigenvalue weighted by molar-refractivity contribution is 9.10. The minimum absolute atomic E-state index is 0.192. The Balaban J connectivity index is 1.89. The number of amides is 1. The van der Waals surface area contributed by atoms with Gasteiger partial charge in [-0.3, -0.25) is 4.79 Å². The molecule has 0 saturated carbocycles. The van der Waals surface area contributed by atoms with Crippen molar-refractivity contribution < 1.29 is 9.21 Å². The summed E-state index contributed by atoms with van der Waals surface area (Å²) in [4.78, 5) is 20.2. The van der Waals surface area contributed by atoms with Crippen LogP contribution in [0.15, 0.2) is 45.5 Å². The number of aromatic nitrogens is 2. The lowest BCUT2D eigenvalue weighted by Gasteiger charge is -2.03. The summed E-state index contributed by atoms with van der Waals surface area (Å²) in [7, 11) is 0. The molecule has 1 amide bonds. The summed E-state index contributed by atoms with van der Waals surface area (Å²) in [5, 5.41) is 3.83. The number of nitrogens with one attached hydrogen (secondary N) is 1. The van der Waals surface area contributed by atoms with E-state index in [-0.39, 0.29) is 11.7 Å². The van der Waals surface area contributed by atoms with E-state index >= 15 is 0 Å². The van der Waals surface area contributed by atoms with Crippen LogP contribution in [0.3, 0.4) is 0 Å². The van der Waals surface area contributed by atoms with E-state index in [0.717, 1.165) is 5.39 Å². The highest BCUT2D eigenvalue weighted by atomic mass is 79.9. The first-order valence-electron chi connectivity index (χ1n) is 5.62. The van der Waals surface area contributed by atoms with Gasteiger partial charge in [-0.05, 0) is 52.3 Å². The maximum atomic E-state index is 11.9. The van der Waals surface area contributed by atoms with Gasteiger partial charge in [0.2, 0.25) is 0 Å². The fourth-order valence-corrected chi connectivity index (χ4v) is 2.11. The standard InChI is InChI=1S/C13H7BrClN3O2/c14-9-4-3-8(20-9)13(19)18-11-6-2-7-1-5-10(15)16-12(7)17-11/h1-6H,(H,16,17,18,19). The molecule has 0 fully saturated rings. The Kier molecular flexibility index (Phi) is 3.42. The number of hydrogen-bond donors (Lipinski definition) is 1. The van der Waals surface area contributed by atoms with Crippen molar-refractivity contribution in [3.05, 3.63) is 52.0 Å². The summed E-state index contributed by atoms with van der Waals surface area (Å²) >= 11 is 8.96. The lowest BCUT2D eigenvalue weighted by atomic mass is 10.3. The number of carbonyl (C=O) groups excluding carboxylic acids is 1. The molecule has 3 aromatic heterocycles. The predicted octanol–water partition coefficient (Wildman–Crippen LogP) is 3.89. The molecular weight excluding hydrogens is 346 g/mol. The van der Waals surface area contributed by atoms with Gasteiger partial charge in [-0.2, -0.15) is 0 Å². The second-order valence-electron chi connectivity index (χ2n) is 3.94. The number of furan rings is 1. The van der Waals surface area contributed by atoms with Crippen LogP contribution >= 0.6 is 27.5 Å². The maximum Gasteiger partial charge on any atom is 0.292 e. The quantitative estimate of drug-likeness (QED) is 0.710. The predicted molar refractivity (Wildman–Crippen MR) is 78.9 cm³/mol. The molecule has 0 aromatic carbocycles. The van der Waals surface area contributed by atoms with Crippen molar-refractivity contribution in [3.8, 4) is 0 Å². The van der Waals surface area contributed by atoms with Crippen molar-refractivity contribution >= 4 is 50.3 Å². The Morgan fingerprint density at radius 2 is 1.95 bits per heavy atom. The summed E-state index contributed by atoms with van der Waals surface area (Å²) in [5.74, 6) is 0.187. The normalized spacial score (nSPS) is 10.7. The Morgan fingerprint density at radius 3 is 2.70 bits per heavy atom. The molecule has 0 radical (unpaired) electrons. The molecule has 0 spiro atoms. The van der Waals surface area contributed by atoms with E-state index in [1.54, 1.807) is 30.3 Å². The summed E-state index contributed by atoms with van der Waals surface area (Å²) in [6.07, 6.45) is 0. The number of fused-ring (bicyclic) bond motifs is 1. The number of halogens is 2. The maximum absolute atomic E-state index is 11.9. The summed E-state index contributed by atoms with van der Waals surface area (Å²) in [6, 6.07) is 10.2. The molecule has 0 aliphatic rings. The van der Waals surface area contributed by atoms with Crippen LogP contribution in [0.4, 0.5) is 5.82 Å². The topological polar surface area (TPSA) is 68.0 Å². The smallest absolute Gasteiger partial charge is 0.292 e. The molecule has 0 aliphatic carbocycles. The van der Waals surface area contributed by atoms with Crippen LogP contribution in [0.2, 0.25) is 5.15 Å². The van der Waals surface area contributed by atoms with Gasteiger partial charge >= 0.3 is 0 Å². The third-order valence-corrected chi connectivity index (χ3v) is 3.19. The van der Waals surface area contributed by atoms with Crippen LogP contribution in [0.25, 0.3) is 11.0 Å². The monoisotopic (exact) mass is 351 g/mol. The average molecular weight is 353 g/mol. The Labute approximate surface area is 127 Å². The lowest BCUT2D eigenvalue weighted by molar-refractivity contribution is 0.0995. The summed E-state index contributed by atoms with van der Waals surface area (Å²) < 4.78 is 5.65. The minimum Gasteiger partial charge on any atom is -0.444 e. The Hall–Kier alpha value is -1.92. The van der Waals surface area contributed by atoms with E-state index in [2.05, 4.69) is 31.2 Å². The molecular formula is C13H7BrClN3O2.